The molecule has 0 N–H and O–H groups in total. The number of benzene rings is 1. The first-order valence-electron chi connectivity index (χ1n) is 9.93. The Hall–Kier alpha value is -2.14. The lowest BCUT2D eigenvalue weighted by molar-refractivity contribution is -0.139. The van der Waals surface area contributed by atoms with Gasteiger partial charge in [-0.15, -0.1) is 11.3 Å². The Bertz CT molecular complexity index is 812. The lowest BCUT2D eigenvalue weighted by Gasteiger charge is -2.31. The number of carbonyl (C=O) groups excluding carboxylic acids is 2. The summed E-state index contributed by atoms with van der Waals surface area (Å²) in [5.41, 5.74) is 1.82. The highest BCUT2D eigenvalue weighted by atomic mass is 32.1. The van der Waals surface area contributed by atoms with Gasteiger partial charge in [0.2, 0.25) is 11.8 Å². The van der Waals surface area contributed by atoms with E-state index >= 15 is 0 Å². The third-order valence-electron chi connectivity index (χ3n) is 5.45. The predicted molar refractivity (Wildman–Crippen MR) is 115 cm³/mol. The summed E-state index contributed by atoms with van der Waals surface area (Å²) in [5, 5.41) is 2.08. The minimum Gasteiger partial charge on any atom is -0.348 e. The normalized spacial score (nSPS) is 19.2. The molecule has 28 heavy (non-hydrogen) atoms. The van der Waals surface area contributed by atoms with Crippen LogP contribution >= 0.6 is 11.3 Å². The Morgan fingerprint density at radius 3 is 2.46 bits per heavy atom. The molecule has 1 aliphatic rings. The fourth-order valence-corrected chi connectivity index (χ4v) is 4.79. The summed E-state index contributed by atoms with van der Waals surface area (Å²) in [5.74, 6) is 0.614. The summed E-state index contributed by atoms with van der Waals surface area (Å²) in [6.45, 7) is 5.29. The lowest BCUT2D eigenvalue weighted by Crippen LogP contribution is -2.44. The van der Waals surface area contributed by atoms with Gasteiger partial charge in [-0.2, -0.15) is 0 Å². The molecule has 1 aliphatic heterocycles. The van der Waals surface area contributed by atoms with Crippen LogP contribution in [0.25, 0.3) is 10.4 Å². The third kappa shape index (κ3) is 4.46. The molecule has 1 aromatic heterocycles. The molecule has 5 heteroatoms. The van der Waals surface area contributed by atoms with Crippen LogP contribution in [0.2, 0.25) is 0 Å². The minimum absolute atomic E-state index is 0.120. The van der Waals surface area contributed by atoms with Gasteiger partial charge in [0.05, 0.1) is 5.41 Å². The summed E-state index contributed by atoms with van der Waals surface area (Å²) in [7, 11) is 3.62. The molecule has 0 aliphatic carbocycles. The summed E-state index contributed by atoms with van der Waals surface area (Å²) in [6, 6.07) is 12.7. The van der Waals surface area contributed by atoms with Crippen LogP contribution in [0.15, 0.2) is 41.8 Å². The number of amides is 2. The van der Waals surface area contributed by atoms with Crippen molar-refractivity contribution >= 4 is 23.2 Å². The molecule has 0 radical (unpaired) electrons. The summed E-state index contributed by atoms with van der Waals surface area (Å²) in [4.78, 5) is 30.5. The number of nitrogens with zero attached hydrogens (tertiary/aromatic N) is 2. The van der Waals surface area contributed by atoms with E-state index in [1.807, 2.05) is 19.0 Å². The van der Waals surface area contributed by atoms with E-state index in [2.05, 4.69) is 55.6 Å². The van der Waals surface area contributed by atoms with Gasteiger partial charge in [0.15, 0.2) is 0 Å². The number of hydrogen-bond donors (Lipinski definition) is 0. The first kappa shape index (κ1) is 20.6. The molecule has 2 amide bonds. The van der Waals surface area contributed by atoms with Crippen LogP contribution in [-0.4, -0.2) is 48.8 Å². The Morgan fingerprint density at radius 1 is 1.18 bits per heavy atom. The van der Waals surface area contributed by atoms with Gasteiger partial charge in [0, 0.05) is 38.5 Å². The van der Waals surface area contributed by atoms with E-state index < -0.39 is 5.41 Å². The van der Waals surface area contributed by atoms with Crippen LogP contribution < -0.4 is 0 Å². The van der Waals surface area contributed by atoms with Crippen molar-refractivity contribution in [3.8, 4) is 10.4 Å². The van der Waals surface area contributed by atoms with Crippen LogP contribution in [0.4, 0.5) is 0 Å². The molecular weight excluding hydrogens is 368 g/mol. The second-order valence-corrected chi connectivity index (χ2v) is 9.44. The van der Waals surface area contributed by atoms with Crippen LogP contribution in [-0.2, 0) is 16.0 Å². The smallest absolute Gasteiger partial charge is 0.230 e. The standard InChI is InChI=1S/C23H30N2O2S/c1-17(2)14-21(26)25-12-11-23(16-25,22(27)24(3)4)15-18-7-9-19(10-8-18)20-6-5-13-28-20/h5-10,13,17H,11-12,14-16H2,1-4H3/t23-/m1/s1. The van der Waals surface area contributed by atoms with Gasteiger partial charge in [0.1, 0.15) is 0 Å². The highest BCUT2D eigenvalue weighted by Crippen LogP contribution is 2.37. The highest BCUT2D eigenvalue weighted by molar-refractivity contribution is 7.13. The van der Waals surface area contributed by atoms with Crippen molar-refractivity contribution in [1.29, 1.82) is 0 Å². The molecule has 150 valence electrons. The van der Waals surface area contributed by atoms with Gasteiger partial charge in [-0.05, 0) is 41.3 Å². The van der Waals surface area contributed by atoms with E-state index in [4.69, 9.17) is 0 Å². The average Bonchev–Trinajstić information content (AvgIpc) is 3.32. The maximum absolute atomic E-state index is 13.1. The largest absolute Gasteiger partial charge is 0.348 e. The Balaban J connectivity index is 1.79. The molecule has 0 spiro atoms. The van der Waals surface area contributed by atoms with Crippen molar-refractivity contribution in [3.63, 3.8) is 0 Å². The Morgan fingerprint density at radius 2 is 1.89 bits per heavy atom. The maximum Gasteiger partial charge on any atom is 0.230 e. The number of thiophene rings is 1. The fourth-order valence-electron chi connectivity index (χ4n) is 4.05. The molecule has 1 saturated heterocycles. The van der Waals surface area contributed by atoms with Gasteiger partial charge in [-0.3, -0.25) is 9.59 Å². The van der Waals surface area contributed by atoms with Crippen LogP contribution in [0.3, 0.4) is 0 Å². The Labute approximate surface area is 172 Å². The number of likely N-dealkylation sites (tertiary alicyclic amines) is 1. The average molecular weight is 399 g/mol. The molecule has 1 fully saturated rings. The van der Waals surface area contributed by atoms with E-state index in [9.17, 15) is 9.59 Å². The van der Waals surface area contributed by atoms with Gasteiger partial charge < -0.3 is 9.80 Å². The first-order chi connectivity index (χ1) is 13.3. The second-order valence-electron chi connectivity index (χ2n) is 8.49. The van der Waals surface area contributed by atoms with Crippen molar-refractivity contribution in [1.82, 2.24) is 9.80 Å². The van der Waals surface area contributed by atoms with Crippen LogP contribution in [0, 0.1) is 11.3 Å². The van der Waals surface area contributed by atoms with E-state index in [0.717, 1.165) is 12.0 Å². The fraction of sp³-hybridized carbons (Fsp3) is 0.478. The van der Waals surface area contributed by atoms with E-state index in [0.29, 0.717) is 31.8 Å². The van der Waals surface area contributed by atoms with Crippen LogP contribution in [0.5, 0.6) is 0 Å². The summed E-state index contributed by atoms with van der Waals surface area (Å²) in [6.07, 6.45) is 1.93. The number of carbonyl (C=O) groups is 2. The molecule has 2 heterocycles. The molecule has 0 saturated carbocycles. The van der Waals surface area contributed by atoms with E-state index in [-0.39, 0.29) is 11.8 Å². The molecular formula is C23H30N2O2S. The topological polar surface area (TPSA) is 40.6 Å². The van der Waals surface area contributed by atoms with Crippen molar-refractivity contribution in [2.45, 2.75) is 33.1 Å². The molecule has 1 atom stereocenters. The van der Waals surface area contributed by atoms with Gasteiger partial charge >= 0.3 is 0 Å². The summed E-state index contributed by atoms with van der Waals surface area (Å²) >= 11 is 1.73. The van der Waals surface area contributed by atoms with Gasteiger partial charge in [0.25, 0.3) is 0 Å². The highest BCUT2D eigenvalue weighted by Gasteiger charge is 2.46. The zero-order chi connectivity index (χ0) is 20.3. The molecule has 0 unspecified atom stereocenters. The number of rotatable bonds is 6. The predicted octanol–water partition coefficient (Wildman–Crippen LogP) is 4.31. The second kappa shape index (κ2) is 8.48. The van der Waals surface area contributed by atoms with Gasteiger partial charge in [-0.25, -0.2) is 0 Å². The quantitative estimate of drug-likeness (QED) is 0.727. The zero-order valence-electron chi connectivity index (χ0n) is 17.3. The third-order valence-corrected chi connectivity index (χ3v) is 6.37. The SMILES string of the molecule is CC(C)CC(=O)N1CC[C@](Cc2ccc(-c3cccs3)cc2)(C(=O)N(C)C)C1. The molecule has 1 aromatic carbocycles. The number of hydrogen-bond acceptors (Lipinski definition) is 3. The molecule has 3 rings (SSSR count). The van der Waals surface area contributed by atoms with Gasteiger partial charge in [-0.1, -0.05) is 44.2 Å². The van der Waals surface area contributed by atoms with Crippen LogP contribution in [0.1, 0.15) is 32.3 Å². The Kier molecular flexibility index (Phi) is 6.23. The van der Waals surface area contributed by atoms with Crippen molar-refractivity contribution < 1.29 is 9.59 Å². The monoisotopic (exact) mass is 398 g/mol. The molecule has 2 aromatic rings. The molecule has 4 nitrogen and oxygen atoms in total. The van der Waals surface area contributed by atoms with Crippen molar-refractivity contribution in [2.75, 3.05) is 27.2 Å². The minimum atomic E-state index is -0.527. The zero-order valence-corrected chi connectivity index (χ0v) is 18.1. The summed E-state index contributed by atoms with van der Waals surface area (Å²) < 4.78 is 0. The van der Waals surface area contributed by atoms with Crippen molar-refractivity contribution in [2.24, 2.45) is 11.3 Å². The maximum atomic E-state index is 13.1. The van der Waals surface area contributed by atoms with Crippen molar-refractivity contribution in [3.05, 3.63) is 47.3 Å². The first-order valence-corrected chi connectivity index (χ1v) is 10.8. The van der Waals surface area contributed by atoms with E-state index in [1.165, 1.54) is 10.4 Å². The molecule has 0 bridgehead atoms. The lowest BCUT2D eigenvalue weighted by atomic mass is 9.79. The van der Waals surface area contributed by atoms with E-state index in [1.54, 1.807) is 16.2 Å².